The number of nitrogens with zero attached hydrogens (tertiary/aromatic N) is 1. The number of carbonyl (C=O) groups excluding carboxylic acids is 1. The molecule has 4 heteroatoms. The minimum Gasteiger partial charge on any atom is -0.478 e. The average molecular weight is 474 g/mol. The van der Waals surface area contributed by atoms with Crippen molar-refractivity contribution >= 4 is 28.7 Å². The molecule has 0 aliphatic carbocycles. The van der Waals surface area contributed by atoms with Crippen LogP contribution >= 0.6 is 0 Å². The topological polar surface area (TPSA) is 57.6 Å². The summed E-state index contributed by atoms with van der Waals surface area (Å²) >= 11 is 0. The maximum Gasteiger partial charge on any atom is 0.335 e. The second-order valence-corrected chi connectivity index (χ2v) is 9.31. The number of hydrogen-bond donors (Lipinski definition) is 1. The normalized spacial score (nSPS) is 14.2. The van der Waals surface area contributed by atoms with Crippen LogP contribution in [0.4, 0.5) is 5.69 Å². The highest BCUT2D eigenvalue weighted by Crippen LogP contribution is 2.43. The molecule has 4 aromatic rings. The first kappa shape index (κ1) is 23.3. The maximum absolute atomic E-state index is 14.1. The average Bonchev–Trinajstić information content (AvgIpc) is 3.16. The van der Waals surface area contributed by atoms with E-state index in [4.69, 9.17) is 0 Å². The molecule has 4 aromatic carbocycles. The van der Waals surface area contributed by atoms with Gasteiger partial charge in [0, 0.05) is 11.1 Å². The summed E-state index contributed by atoms with van der Waals surface area (Å²) in [5.41, 5.74) is 7.43. The quantitative estimate of drug-likeness (QED) is 0.306. The molecule has 4 nitrogen and oxygen atoms in total. The van der Waals surface area contributed by atoms with Crippen LogP contribution in [-0.4, -0.2) is 17.0 Å². The number of benzene rings is 4. The number of anilines is 1. The molecule has 0 atom stereocenters. The number of fused-ring (bicyclic) bond motifs is 1. The van der Waals surface area contributed by atoms with Crippen molar-refractivity contribution in [2.24, 2.45) is 0 Å². The van der Waals surface area contributed by atoms with E-state index in [0.29, 0.717) is 11.5 Å². The highest BCUT2D eigenvalue weighted by atomic mass is 16.4. The van der Waals surface area contributed by atoms with Crippen molar-refractivity contribution in [1.82, 2.24) is 0 Å². The van der Waals surface area contributed by atoms with Crippen LogP contribution in [0.2, 0.25) is 0 Å². The van der Waals surface area contributed by atoms with Crippen molar-refractivity contribution in [3.63, 3.8) is 0 Å². The van der Waals surface area contributed by atoms with Gasteiger partial charge in [-0.1, -0.05) is 98.8 Å². The lowest BCUT2D eigenvalue weighted by Gasteiger charge is -2.18. The van der Waals surface area contributed by atoms with Crippen LogP contribution in [-0.2, 0) is 11.3 Å². The molecule has 0 aromatic heterocycles. The highest BCUT2D eigenvalue weighted by Gasteiger charge is 2.35. The molecule has 0 bridgehead atoms. The molecule has 1 amide bonds. The van der Waals surface area contributed by atoms with Gasteiger partial charge < -0.3 is 10.0 Å². The third kappa shape index (κ3) is 4.34. The van der Waals surface area contributed by atoms with Gasteiger partial charge in [0.25, 0.3) is 5.91 Å². The SMILES string of the molecule is CC(C)c1ccc(C(=C2C(=O)N(Cc3cccc(C(=O)O)c3)c3ccccc32)c2ccccc2)cc1. The van der Waals surface area contributed by atoms with Gasteiger partial charge in [0.15, 0.2) is 0 Å². The van der Waals surface area contributed by atoms with Crippen molar-refractivity contribution in [3.05, 3.63) is 137 Å². The number of para-hydroxylation sites is 1. The number of carbonyl (C=O) groups is 2. The van der Waals surface area contributed by atoms with Crippen LogP contribution in [0.5, 0.6) is 0 Å². The fraction of sp³-hybridized carbons (Fsp3) is 0.125. The zero-order chi connectivity index (χ0) is 25.2. The molecule has 1 heterocycles. The van der Waals surface area contributed by atoms with Gasteiger partial charge >= 0.3 is 5.97 Å². The van der Waals surface area contributed by atoms with Gasteiger partial charge in [0.2, 0.25) is 0 Å². The fourth-order valence-electron chi connectivity index (χ4n) is 4.76. The third-order valence-corrected chi connectivity index (χ3v) is 6.62. The number of carboxylic acids is 1. The van der Waals surface area contributed by atoms with E-state index in [2.05, 4.69) is 38.1 Å². The molecule has 0 saturated heterocycles. The Labute approximate surface area is 211 Å². The molecule has 5 rings (SSSR count). The van der Waals surface area contributed by atoms with Gasteiger partial charge in [0.1, 0.15) is 0 Å². The van der Waals surface area contributed by atoms with Gasteiger partial charge in [-0.2, -0.15) is 0 Å². The summed E-state index contributed by atoms with van der Waals surface area (Å²) in [6.45, 7) is 4.62. The van der Waals surface area contributed by atoms with Crippen LogP contribution in [0, 0.1) is 0 Å². The van der Waals surface area contributed by atoms with E-state index in [9.17, 15) is 14.7 Å². The molecule has 0 spiro atoms. The lowest BCUT2D eigenvalue weighted by atomic mass is 9.89. The van der Waals surface area contributed by atoms with Crippen molar-refractivity contribution in [1.29, 1.82) is 0 Å². The minimum absolute atomic E-state index is 0.0938. The van der Waals surface area contributed by atoms with Gasteiger partial charge in [-0.25, -0.2) is 4.79 Å². The summed E-state index contributed by atoms with van der Waals surface area (Å²) in [6.07, 6.45) is 0. The Balaban J connectivity index is 1.68. The van der Waals surface area contributed by atoms with E-state index in [1.54, 1.807) is 23.1 Å². The Hall–Kier alpha value is -4.44. The van der Waals surface area contributed by atoms with Crippen molar-refractivity contribution < 1.29 is 14.7 Å². The molecule has 178 valence electrons. The number of rotatable bonds is 6. The van der Waals surface area contributed by atoms with E-state index < -0.39 is 5.97 Å². The second-order valence-electron chi connectivity index (χ2n) is 9.31. The smallest absolute Gasteiger partial charge is 0.335 e. The largest absolute Gasteiger partial charge is 0.478 e. The Morgan fingerprint density at radius 3 is 2.11 bits per heavy atom. The second kappa shape index (κ2) is 9.67. The highest BCUT2D eigenvalue weighted by molar-refractivity contribution is 6.38. The van der Waals surface area contributed by atoms with E-state index in [1.807, 2.05) is 60.7 Å². The zero-order valence-corrected chi connectivity index (χ0v) is 20.3. The minimum atomic E-state index is -0.984. The van der Waals surface area contributed by atoms with Gasteiger partial charge in [-0.15, -0.1) is 0 Å². The Bertz CT molecular complexity index is 1470. The molecular formula is C32H27NO3. The van der Waals surface area contributed by atoms with Crippen molar-refractivity contribution in [2.75, 3.05) is 4.90 Å². The summed E-state index contributed by atoms with van der Waals surface area (Å²) in [4.78, 5) is 27.3. The first-order chi connectivity index (χ1) is 17.4. The first-order valence-corrected chi connectivity index (χ1v) is 12.1. The number of carboxylic acid groups (broad SMARTS) is 1. The summed E-state index contributed by atoms with van der Waals surface area (Å²) in [5.74, 6) is -0.664. The summed E-state index contributed by atoms with van der Waals surface area (Å²) < 4.78 is 0. The molecule has 0 saturated carbocycles. The summed E-state index contributed by atoms with van der Waals surface area (Å²) in [7, 11) is 0. The molecule has 0 radical (unpaired) electrons. The van der Waals surface area contributed by atoms with Gasteiger partial charge in [0.05, 0.1) is 23.4 Å². The van der Waals surface area contributed by atoms with Crippen LogP contribution in [0.1, 0.15) is 57.9 Å². The molecule has 36 heavy (non-hydrogen) atoms. The van der Waals surface area contributed by atoms with Gasteiger partial charge in [-0.3, -0.25) is 4.79 Å². The summed E-state index contributed by atoms with van der Waals surface area (Å²) in [5, 5.41) is 9.41. The number of aromatic carboxylic acids is 1. The molecule has 0 unspecified atom stereocenters. The zero-order valence-electron chi connectivity index (χ0n) is 20.3. The molecule has 1 aliphatic rings. The molecule has 1 aliphatic heterocycles. The molecule has 1 N–H and O–H groups in total. The predicted molar refractivity (Wildman–Crippen MR) is 144 cm³/mol. The van der Waals surface area contributed by atoms with E-state index >= 15 is 0 Å². The Morgan fingerprint density at radius 2 is 1.42 bits per heavy atom. The molecular weight excluding hydrogens is 446 g/mol. The monoisotopic (exact) mass is 473 g/mol. The van der Waals surface area contributed by atoms with Gasteiger partial charge in [-0.05, 0) is 46.4 Å². The fourth-order valence-corrected chi connectivity index (χ4v) is 4.76. The Kier molecular flexibility index (Phi) is 6.26. The Morgan fingerprint density at radius 1 is 0.778 bits per heavy atom. The van der Waals surface area contributed by atoms with E-state index in [-0.39, 0.29) is 18.0 Å². The van der Waals surface area contributed by atoms with E-state index in [0.717, 1.165) is 33.5 Å². The standard InChI is InChI=1S/C32H27NO3/c1-21(2)23-15-17-25(18-16-23)29(24-10-4-3-5-11-24)30-27-13-6-7-14-28(27)33(31(30)34)20-22-9-8-12-26(19-22)32(35)36/h3-19,21H,20H2,1-2H3,(H,35,36). The third-order valence-electron chi connectivity index (χ3n) is 6.62. The summed E-state index contributed by atoms with van der Waals surface area (Å²) in [6, 6.07) is 33.0. The maximum atomic E-state index is 14.1. The molecule has 0 fully saturated rings. The van der Waals surface area contributed by atoms with Crippen molar-refractivity contribution in [2.45, 2.75) is 26.3 Å². The van der Waals surface area contributed by atoms with E-state index in [1.165, 1.54) is 5.56 Å². The number of amides is 1. The first-order valence-electron chi connectivity index (χ1n) is 12.1. The number of hydrogen-bond acceptors (Lipinski definition) is 2. The van der Waals surface area contributed by atoms with Crippen LogP contribution in [0.3, 0.4) is 0 Å². The van der Waals surface area contributed by atoms with Crippen LogP contribution in [0.25, 0.3) is 11.1 Å². The van der Waals surface area contributed by atoms with Crippen LogP contribution in [0.15, 0.2) is 103 Å². The van der Waals surface area contributed by atoms with Crippen molar-refractivity contribution in [3.8, 4) is 0 Å². The van der Waals surface area contributed by atoms with Crippen LogP contribution < -0.4 is 4.90 Å². The lowest BCUT2D eigenvalue weighted by Crippen LogP contribution is -2.26. The predicted octanol–water partition coefficient (Wildman–Crippen LogP) is 7.01. The lowest BCUT2D eigenvalue weighted by molar-refractivity contribution is -0.113.